The van der Waals surface area contributed by atoms with E-state index < -0.39 is 19.3 Å². The maximum absolute atomic E-state index is 11.6. The number of nitrogens with zero attached hydrogens (tertiary/aromatic N) is 1. The molecule has 2 atom stereocenters. The first kappa shape index (κ1) is 13.5. The first-order valence-electron chi connectivity index (χ1n) is 4.96. The number of hydrogen-bond donors (Lipinski definition) is 0. The van der Waals surface area contributed by atoms with Crippen molar-refractivity contribution in [3.63, 3.8) is 0 Å². The second kappa shape index (κ2) is 6.11. The van der Waals surface area contributed by atoms with Gasteiger partial charge in [0.25, 0.3) is 5.66 Å². The largest absolute Gasteiger partial charge is 0.527 e. The maximum Gasteiger partial charge on any atom is 0.527 e. The van der Waals surface area contributed by atoms with E-state index in [-0.39, 0.29) is 0 Å². The molecule has 0 aromatic carbocycles. The Kier molecular flexibility index (Phi) is 5.92. The van der Waals surface area contributed by atoms with E-state index in [4.69, 9.17) is 9.79 Å². The van der Waals surface area contributed by atoms with Gasteiger partial charge >= 0.3 is 8.03 Å². The van der Waals surface area contributed by atoms with Crippen LogP contribution in [-0.4, -0.2) is 11.3 Å². The van der Waals surface area contributed by atoms with Crippen LogP contribution in [0.25, 0.3) is 0 Å². The molecular weight excluding hydrogens is 197 g/mol. The Morgan fingerprint density at radius 3 is 2.43 bits per heavy atom. The highest BCUT2D eigenvalue weighted by Crippen LogP contribution is 2.37. The smallest absolute Gasteiger partial charge is 0.193 e. The lowest BCUT2D eigenvalue weighted by atomic mass is 10.2. The van der Waals surface area contributed by atoms with Crippen LogP contribution in [-0.2, 0) is 9.09 Å². The van der Waals surface area contributed by atoms with Crippen molar-refractivity contribution >= 4 is 8.03 Å². The fraction of sp³-hybridized carbons (Fsp3) is 0.900. The summed E-state index contributed by atoms with van der Waals surface area (Å²) in [4.78, 5) is 0. The number of nitriles is 1. The van der Waals surface area contributed by atoms with E-state index in [2.05, 4.69) is 6.07 Å². The number of rotatable bonds is 5. The molecule has 0 aliphatic carbocycles. The van der Waals surface area contributed by atoms with Gasteiger partial charge in [0.2, 0.25) is 0 Å². The SMILES string of the molecule is CCCCC(C#N)[P+](=O)OC(C)(C)C. The van der Waals surface area contributed by atoms with E-state index in [0.29, 0.717) is 6.42 Å². The Hall–Kier alpha value is -0.450. The number of unbranched alkanes of at least 4 members (excludes halogenated alkanes) is 1. The van der Waals surface area contributed by atoms with Gasteiger partial charge in [-0.15, -0.1) is 4.52 Å². The molecule has 0 fully saturated rings. The average molecular weight is 216 g/mol. The normalized spacial score (nSPS) is 14.6. The molecule has 0 radical (unpaired) electrons. The minimum absolute atomic E-state index is 0.436. The van der Waals surface area contributed by atoms with Crippen LogP contribution in [0.3, 0.4) is 0 Å². The summed E-state index contributed by atoms with van der Waals surface area (Å²) in [5, 5.41) is 8.81. The fourth-order valence-electron chi connectivity index (χ4n) is 0.948. The van der Waals surface area contributed by atoms with Crippen LogP contribution in [0.2, 0.25) is 0 Å². The van der Waals surface area contributed by atoms with E-state index in [9.17, 15) is 4.57 Å². The molecule has 0 saturated carbocycles. The van der Waals surface area contributed by atoms with E-state index in [1.165, 1.54) is 0 Å². The summed E-state index contributed by atoms with van der Waals surface area (Å²) < 4.78 is 16.9. The second-order valence-electron chi connectivity index (χ2n) is 4.28. The molecule has 14 heavy (non-hydrogen) atoms. The van der Waals surface area contributed by atoms with Crippen LogP contribution in [0.1, 0.15) is 47.0 Å². The molecular formula is C10H19NO2P+. The predicted octanol–water partition coefficient (Wildman–Crippen LogP) is 3.63. The summed E-state index contributed by atoms with van der Waals surface area (Å²) in [6.07, 6.45) is 2.60. The lowest BCUT2D eigenvalue weighted by Gasteiger charge is -2.10. The zero-order valence-electron chi connectivity index (χ0n) is 9.41. The third kappa shape index (κ3) is 6.07. The van der Waals surface area contributed by atoms with Gasteiger partial charge < -0.3 is 0 Å². The molecule has 0 heterocycles. The molecule has 0 aromatic rings. The highest BCUT2D eigenvalue weighted by atomic mass is 31.1. The Balaban J connectivity index is 4.13. The third-order valence-electron chi connectivity index (χ3n) is 1.60. The first-order valence-corrected chi connectivity index (χ1v) is 6.20. The van der Waals surface area contributed by atoms with Crippen molar-refractivity contribution in [2.24, 2.45) is 0 Å². The molecule has 0 aliphatic rings. The summed E-state index contributed by atoms with van der Waals surface area (Å²) in [6.45, 7) is 7.57. The molecule has 0 saturated heterocycles. The van der Waals surface area contributed by atoms with Gasteiger partial charge in [-0.05, 0) is 31.8 Å². The topological polar surface area (TPSA) is 50.1 Å². The van der Waals surface area contributed by atoms with Crippen LogP contribution < -0.4 is 0 Å². The molecule has 0 amide bonds. The highest BCUT2D eigenvalue weighted by molar-refractivity contribution is 7.40. The Bertz CT molecular complexity index is 227. The summed E-state index contributed by atoms with van der Waals surface area (Å²) in [5.41, 5.74) is -0.890. The molecule has 0 aromatic heterocycles. The lowest BCUT2D eigenvalue weighted by Crippen LogP contribution is -2.17. The maximum atomic E-state index is 11.6. The Labute approximate surface area is 87.3 Å². The first-order chi connectivity index (χ1) is 6.40. The van der Waals surface area contributed by atoms with Crippen molar-refractivity contribution in [3.8, 4) is 6.07 Å². The van der Waals surface area contributed by atoms with Crippen LogP contribution in [0, 0.1) is 11.3 Å². The Morgan fingerprint density at radius 2 is 2.07 bits per heavy atom. The van der Waals surface area contributed by atoms with Crippen LogP contribution in [0.15, 0.2) is 0 Å². The van der Waals surface area contributed by atoms with Gasteiger partial charge in [0.15, 0.2) is 0 Å². The van der Waals surface area contributed by atoms with Gasteiger partial charge in [-0.2, -0.15) is 5.26 Å². The van der Waals surface area contributed by atoms with Gasteiger partial charge in [-0.3, -0.25) is 0 Å². The summed E-state index contributed by atoms with van der Waals surface area (Å²) in [7, 11) is -1.85. The molecule has 0 bridgehead atoms. The van der Waals surface area contributed by atoms with Gasteiger partial charge in [0, 0.05) is 6.42 Å². The number of hydrogen-bond acceptors (Lipinski definition) is 3. The Morgan fingerprint density at radius 1 is 1.50 bits per heavy atom. The van der Waals surface area contributed by atoms with Crippen molar-refractivity contribution in [1.29, 1.82) is 5.26 Å². The van der Waals surface area contributed by atoms with E-state index >= 15 is 0 Å². The van der Waals surface area contributed by atoms with Crippen LogP contribution in [0.5, 0.6) is 0 Å². The van der Waals surface area contributed by atoms with Gasteiger partial charge in [-0.1, -0.05) is 13.3 Å². The molecule has 0 aliphatic heterocycles. The lowest BCUT2D eigenvalue weighted by molar-refractivity contribution is 0.141. The minimum Gasteiger partial charge on any atom is -0.193 e. The zero-order chi connectivity index (χ0) is 11.2. The van der Waals surface area contributed by atoms with Gasteiger partial charge in [-0.25, -0.2) is 0 Å². The molecule has 2 unspecified atom stereocenters. The van der Waals surface area contributed by atoms with Crippen molar-refractivity contribution in [3.05, 3.63) is 0 Å². The summed E-state index contributed by atoms with van der Waals surface area (Å²) in [5.74, 6) is 0. The molecule has 0 spiro atoms. The van der Waals surface area contributed by atoms with Crippen LogP contribution >= 0.6 is 8.03 Å². The molecule has 4 heteroatoms. The average Bonchev–Trinajstić information content (AvgIpc) is 2.02. The van der Waals surface area contributed by atoms with E-state index in [1.54, 1.807) is 0 Å². The second-order valence-corrected chi connectivity index (χ2v) is 5.65. The summed E-state index contributed by atoms with van der Waals surface area (Å²) >= 11 is 0. The van der Waals surface area contributed by atoms with E-state index in [0.717, 1.165) is 12.8 Å². The summed E-state index contributed by atoms with van der Waals surface area (Å²) in [6, 6.07) is 2.05. The van der Waals surface area contributed by atoms with Crippen LogP contribution in [0.4, 0.5) is 0 Å². The van der Waals surface area contributed by atoms with Gasteiger partial charge in [0.05, 0.1) is 0 Å². The third-order valence-corrected chi connectivity index (χ3v) is 3.21. The molecule has 3 nitrogen and oxygen atoms in total. The monoisotopic (exact) mass is 216 g/mol. The predicted molar refractivity (Wildman–Crippen MR) is 57.4 cm³/mol. The zero-order valence-corrected chi connectivity index (χ0v) is 10.3. The fourth-order valence-corrected chi connectivity index (χ4v) is 2.10. The van der Waals surface area contributed by atoms with Crippen molar-refractivity contribution < 1.29 is 9.09 Å². The van der Waals surface area contributed by atoms with Gasteiger partial charge in [0.1, 0.15) is 11.7 Å². The molecule has 0 rings (SSSR count). The molecule has 0 N–H and O–H groups in total. The van der Waals surface area contributed by atoms with Crippen molar-refractivity contribution in [2.75, 3.05) is 0 Å². The quantitative estimate of drug-likeness (QED) is 0.659. The van der Waals surface area contributed by atoms with E-state index in [1.807, 2.05) is 27.7 Å². The van der Waals surface area contributed by atoms with Crippen molar-refractivity contribution in [2.45, 2.75) is 58.2 Å². The highest BCUT2D eigenvalue weighted by Gasteiger charge is 2.36. The minimum atomic E-state index is -1.85. The van der Waals surface area contributed by atoms with Crippen molar-refractivity contribution in [1.82, 2.24) is 0 Å². The standard InChI is InChI=1S/C10H19NO2P/c1-5-6-7-9(8-11)14(12)13-10(2,3)4/h9H,5-7H2,1-4H3/q+1. The molecule has 80 valence electrons.